The van der Waals surface area contributed by atoms with Crippen LogP contribution in [0.2, 0.25) is 0 Å². The minimum atomic E-state index is -0.0107. The van der Waals surface area contributed by atoms with Crippen molar-refractivity contribution in [1.29, 1.82) is 5.26 Å². The van der Waals surface area contributed by atoms with E-state index in [1.54, 1.807) is 4.57 Å². The molecule has 0 N–H and O–H groups in total. The molecule has 0 spiro atoms. The highest BCUT2D eigenvalue weighted by molar-refractivity contribution is 5.92. The van der Waals surface area contributed by atoms with Crippen LogP contribution in [-0.4, -0.2) is 62.5 Å². The lowest BCUT2D eigenvalue weighted by molar-refractivity contribution is -0.133. The normalized spacial score (nSPS) is 15.6. The summed E-state index contributed by atoms with van der Waals surface area (Å²) in [4.78, 5) is 35.6. The summed E-state index contributed by atoms with van der Waals surface area (Å²) >= 11 is 0. The van der Waals surface area contributed by atoms with Gasteiger partial charge < -0.3 is 9.47 Å². The van der Waals surface area contributed by atoms with Crippen LogP contribution >= 0.6 is 0 Å². The summed E-state index contributed by atoms with van der Waals surface area (Å²) in [6.45, 7) is 4.90. The van der Waals surface area contributed by atoms with E-state index in [2.05, 4.69) is 27.7 Å². The molecule has 0 radical (unpaired) electrons. The first kappa shape index (κ1) is 22.5. The summed E-state index contributed by atoms with van der Waals surface area (Å²) in [6, 6.07) is 18.0. The molecule has 1 amide bonds. The zero-order chi connectivity index (χ0) is 24.6. The van der Waals surface area contributed by atoms with Crippen molar-refractivity contribution in [2.45, 2.75) is 32.4 Å². The molecule has 0 unspecified atom stereocenters. The summed E-state index contributed by atoms with van der Waals surface area (Å²) in [7, 11) is 0. The molecule has 2 aromatic carbocycles. The van der Waals surface area contributed by atoms with Gasteiger partial charge in [-0.3, -0.25) is 19.1 Å². The Morgan fingerprint density at radius 3 is 2.50 bits per heavy atom. The number of carbonyl (C=O) groups is 1. The van der Waals surface area contributed by atoms with Crippen LogP contribution in [-0.2, 0) is 24.3 Å². The Balaban J connectivity index is 1.33. The first-order valence-electron chi connectivity index (χ1n) is 12.6. The van der Waals surface area contributed by atoms with E-state index in [9.17, 15) is 9.59 Å². The summed E-state index contributed by atoms with van der Waals surface area (Å²) in [6.07, 6.45) is 1.67. The Kier molecular flexibility index (Phi) is 5.78. The minimum Gasteiger partial charge on any atom is -0.340 e. The molecule has 0 atom stereocenters. The van der Waals surface area contributed by atoms with E-state index >= 15 is 0 Å². The fraction of sp³-hybridized carbons (Fsp3) is 0.357. The number of nitriles is 1. The van der Waals surface area contributed by atoms with Crippen molar-refractivity contribution in [3.05, 3.63) is 64.4 Å². The van der Waals surface area contributed by atoms with Gasteiger partial charge in [-0.2, -0.15) is 5.26 Å². The van der Waals surface area contributed by atoms with Crippen LogP contribution in [0.4, 0.5) is 0 Å². The lowest BCUT2D eigenvalue weighted by Gasteiger charge is -2.34. The standard InChI is InChI=1S/C28H28N6O2/c29-12-5-13-31-16-18-32(19-17-31)25(35)11-15-33-24-9-4-2-6-20(24)21-10-14-34-27(26(21)33)30-23-8-3-1-7-22(23)28(34)36/h1-4,6-9H,5,10-11,13-19H2. The lowest BCUT2D eigenvalue weighted by atomic mass is 10.0. The number of aryl methyl sites for hydroxylation is 2. The van der Waals surface area contributed by atoms with Crippen LogP contribution in [0.1, 0.15) is 18.4 Å². The molecule has 0 bridgehead atoms. The van der Waals surface area contributed by atoms with E-state index < -0.39 is 0 Å². The third-order valence-corrected chi connectivity index (χ3v) is 7.55. The molecule has 2 aliphatic heterocycles. The quantitative estimate of drug-likeness (QED) is 0.438. The predicted molar refractivity (Wildman–Crippen MR) is 139 cm³/mol. The number of amides is 1. The Bertz CT molecular complexity index is 1570. The van der Waals surface area contributed by atoms with Crippen molar-refractivity contribution < 1.29 is 4.79 Å². The SMILES string of the molecule is N#CCCN1CCN(C(=O)CCn2c3c(c4ccccc42)CCn2c-3nc3ccccc3c2=O)CC1. The summed E-state index contributed by atoms with van der Waals surface area (Å²) in [5, 5.41) is 10.6. The molecule has 8 heteroatoms. The Morgan fingerprint density at radius 2 is 1.69 bits per heavy atom. The molecule has 182 valence electrons. The fourth-order valence-corrected chi connectivity index (χ4v) is 5.69. The number of rotatable bonds is 5. The number of hydrogen-bond donors (Lipinski definition) is 0. The average molecular weight is 481 g/mol. The third-order valence-electron chi connectivity index (χ3n) is 7.55. The molecule has 1 fully saturated rings. The maximum Gasteiger partial charge on any atom is 0.261 e. The van der Waals surface area contributed by atoms with E-state index in [4.69, 9.17) is 10.2 Å². The molecule has 0 saturated carbocycles. The molecular weight excluding hydrogens is 452 g/mol. The van der Waals surface area contributed by atoms with Gasteiger partial charge in [0, 0.05) is 69.6 Å². The largest absolute Gasteiger partial charge is 0.340 e. The topological polar surface area (TPSA) is 87.2 Å². The van der Waals surface area contributed by atoms with Gasteiger partial charge in [-0.15, -0.1) is 0 Å². The van der Waals surface area contributed by atoms with E-state index in [0.29, 0.717) is 55.7 Å². The van der Waals surface area contributed by atoms with Crippen LogP contribution in [0.5, 0.6) is 0 Å². The number of piperazine rings is 1. The summed E-state index contributed by atoms with van der Waals surface area (Å²) in [5.41, 5.74) is 3.92. The van der Waals surface area contributed by atoms with Gasteiger partial charge in [0.2, 0.25) is 5.91 Å². The van der Waals surface area contributed by atoms with Crippen LogP contribution in [0.3, 0.4) is 0 Å². The lowest BCUT2D eigenvalue weighted by Crippen LogP contribution is -2.48. The summed E-state index contributed by atoms with van der Waals surface area (Å²) in [5.74, 6) is 0.829. The molecule has 1 saturated heterocycles. The van der Waals surface area contributed by atoms with Gasteiger partial charge >= 0.3 is 0 Å². The number of benzene rings is 2. The van der Waals surface area contributed by atoms with Crippen molar-refractivity contribution in [2.24, 2.45) is 0 Å². The Labute approximate surface area is 209 Å². The average Bonchev–Trinajstić information content (AvgIpc) is 3.25. The second-order valence-electron chi connectivity index (χ2n) is 9.54. The number of fused-ring (bicyclic) bond motifs is 6. The second-order valence-corrected chi connectivity index (χ2v) is 9.54. The number of hydrogen-bond acceptors (Lipinski definition) is 5. The van der Waals surface area contributed by atoms with Crippen LogP contribution in [0.15, 0.2) is 53.3 Å². The van der Waals surface area contributed by atoms with Crippen LogP contribution < -0.4 is 5.56 Å². The van der Waals surface area contributed by atoms with E-state index in [0.717, 1.165) is 37.3 Å². The van der Waals surface area contributed by atoms with Gasteiger partial charge in [0.25, 0.3) is 5.56 Å². The maximum atomic E-state index is 13.3. The predicted octanol–water partition coefficient (Wildman–Crippen LogP) is 3.02. The van der Waals surface area contributed by atoms with Gasteiger partial charge in [0.15, 0.2) is 5.82 Å². The third kappa shape index (κ3) is 3.76. The highest BCUT2D eigenvalue weighted by atomic mass is 16.2. The number of carbonyl (C=O) groups excluding carboxylic acids is 1. The van der Waals surface area contributed by atoms with Crippen molar-refractivity contribution in [3.8, 4) is 17.6 Å². The van der Waals surface area contributed by atoms with Crippen molar-refractivity contribution in [1.82, 2.24) is 23.9 Å². The number of aromatic nitrogens is 3. The van der Waals surface area contributed by atoms with Crippen molar-refractivity contribution >= 4 is 27.7 Å². The first-order chi connectivity index (χ1) is 17.7. The Morgan fingerprint density at radius 1 is 0.944 bits per heavy atom. The highest BCUT2D eigenvalue weighted by Crippen LogP contribution is 2.36. The number of nitrogens with zero attached hydrogens (tertiary/aromatic N) is 6. The van der Waals surface area contributed by atoms with Gasteiger partial charge in [0.1, 0.15) is 0 Å². The highest BCUT2D eigenvalue weighted by Gasteiger charge is 2.28. The zero-order valence-electron chi connectivity index (χ0n) is 20.2. The van der Waals surface area contributed by atoms with E-state index in [-0.39, 0.29) is 11.5 Å². The van der Waals surface area contributed by atoms with Crippen molar-refractivity contribution in [3.63, 3.8) is 0 Å². The second kappa shape index (κ2) is 9.25. The smallest absolute Gasteiger partial charge is 0.261 e. The molecule has 36 heavy (non-hydrogen) atoms. The molecule has 2 aliphatic rings. The number of para-hydroxylation sites is 2. The minimum absolute atomic E-state index is 0.0107. The van der Waals surface area contributed by atoms with Gasteiger partial charge in [-0.1, -0.05) is 30.3 Å². The van der Waals surface area contributed by atoms with Gasteiger partial charge in [-0.25, -0.2) is 4.98 Å². The zero-order valence-corrected chi connectivity index (χ0v) is 20.2. The molecule has 2 aromatic heterocycles. The van der Waals surface area contributed by atoms with Crippen LogP contribution in [0.25, 0.3) is 33.3 Å². The summed E-state index contributed by atoms with van der Waals surface area (Å²) < 4.78 is 3.99. The molecule has 4 heterocycles. The first-order valence-corrected chi connectivity index (χ1v) is 12.6. The fourth-order valence-electron chi connectivity index (χ4n) is 5.69. The molecule has 0 aliphatic carbocycles. The Hall–Kier alpha value is -3.96. The molecule has 8 nitrogen and oxygen atoms in total. The van der Waals surface area contributed by atoms with Crippen LogP contribution in [0, 0.1) is 11.3 Å². The van der Waals surface area contributed by atoms with Crippen molar-refractivity contribution in [2.75, 3.05) is 32.7 Å². The van der Waals surface area contributed by atoms with Gasteiger partial charge in [0.05, 0.1) is 22.7 Å². The molecular formula is C28H28N6O2. The monoisotopic (exact) mass is 480 g/mol. The van der Waals surface area contributed by atoms with E-state index in [1.807, 2.05) is 41.3 Å². The van der Waals surface area contributed by atoms with E-state index in [1.165, 1.54) is 10.9 Å². The molecule has 4 aromatic rings. The van der Waals surface area contributed by atoms with Gasteiger partial charge in [-0.05, 0) is 30.2 Å². The molecule has 6 rings (SSSR count). The maximum absolute atomic E-state index is 13.3.